The van der Waals surface area contributed by atoms with E-state index in [0.29, 0.717) is 23.4 Å². The molecular weight excluding hydrogens is 316 g/mol. The summed E-state index contributed by atoms with van der Waals surface area (Å²) in [4.78, 5) is 0. The summed E-state index contributed by atoms with van der Waals surface area (Å²) in [5.41, 5.74) is 2.59. The zero-order valence-corrected chi connectivity index (χ0v) is 13.6. The Balaban J connectivity index is 1.98. The fourth-order valence-electron chi connectivity index (χ4n) is 3.32. The van der Waals surface area contributed by atoms with E-state index in [1.54, 1.807) is 19.2 Å². The van der Waals surface area contributed by atoms with Crippen molar-refractivity contribution in [1.29, 1.82) is 5.26 Å². The number of fused-ring (bicyclic) bond motifs is 1. The van der Waals surface area contributed by atoms with Gasteiger partial charge in [0.25, 0.3) is 5.92 Å². The summed E-state index contributed by atoms with van der Waals surface area (Å²) in [5, 5.41) is 15.2. The van der Waals surface area contributed by atoms with Gasteiger partial charge in [0.15, 0.2) is 0 Å². The second kappa shape index (κ2) is 6.46. The Hall–Kier alpha value is -2.04. The third-order valence-corrected chi connectivity index (χ3v) is 4.37. The van der Waals surface area contributed by atoms with E-state index in [1.807, 2.05) is 13.0 Å². The maximum absolute atomic E-state index is 13.7. The molecule has 0 N–H and O–H groups in total. The Morgan fingerprint density at radius 3 is 2.92 bits per heavy atom. The molecule has 0 bridgehead atoms. The van der Waals surface area contributed by atoms with Crippen LogP contribution in [0, 0.1) is 18.3 Å². The standard InChI is InChI=1S/C17H19F2N3O2/c1-11-4-3-5-12(9-20)14(11)15-16(24-7-6-23-2)13-8-17(18,19)10-22(13)21-15/h3-5,13,16H,6-8,10H2,1-2H3. The molecule has 2 atom stereocenters. The normalized spacial score (nSPS) is 24.6. The Bertz CT molecular complexity index is 700. The highest BCUT2D eigenvalue weighted by molar-refractivity contribution is 6.08. The Labute approximate surface area is 139 Å². The number of hydrogen-bond acceptors (Lipinski definition) is 5. The molecule has 0 aliphatic carbocycles. The maximum atomic E-state index is 13.7. The largest absolute Gasteiger partial charge is 0.382 e. The minimum Gasteiger partial charge on any atom is -0.382 e. The van der Waals surface area contributed by atoms with Crippen molar-refractivity contribution >= 4 is 5.71 Å². The SMILES string of the molecule is COCCOC1C(c2c(C)cccc2C#N)=NN2CC(F)(F)CC12. The van der Waals surface area contributed by atoms with E-state index in [9.17, 15) is 14.0 Å². The maximum Gasteiger partial charge on any atom is 0.269 e. The summed E-state index contributed by atoms with van der Waals surface area (Å²) >= 11 is 0. The topological polar surface area (TPSA) is 57.9 Å². The fourth-order valence-corrected chi connectivity index (χ4v) is 3.32. The molecular formula is C17H19F2N3O2. The molecule has 24 heavy (non-hydrogen) atoms. The molecule has 0 amide bonds. The van der Waals surface area contributed by atoms with Crippen molar-refractivity contribution in [3.63, 3.8) is 0 Å². The van der Waals surface area contributed by atoms with Crippen LogP contribution in [-0.2, 0) is 9.47 Å². The van der Waals surface area contributed by atoms with Crippen molar-refractivity contribution in [3.8, 4) is 6.07 Å². The molecule has 1 saturated heterocycles. The number of nitriles is 1. The average molecular weight is 335 g/mol. The summed E-state index contributed by atoms with van der Waals surface area (Å²) in [7, 11) is 1.55. The van der Waals surface area contributed by atoms with Crippen molar-refractivity contribution in [2.75, 3.05) is 26.9 Å². The van der Waals surface area contributed by atoms with Crippen LogP contribution in [-0.4, -0.2) is 55.7 Å². The average Bonchev–Trinajstić information content (AvgIpc) is 2.99. The van der Waals surface area contributed by atoms with Gasteiger partial charge in [-0.25, -0.2) is 8.78 Å². The van der Waals surface area contributed by atoms with Gasteiger partial charge in [0.2, 0.25) is 0 Å². The first-order valence-corrected chi connectivity index (χ1v) is 7.80. The molecule has 1 aromatic rings. The number of methoxy groups -OCH3 is 1. The van der Waals surface area contributed by atoms with E-state index in [4.69, 9.17) is 9.47 Å². The van der Waals surface area contributed by atoms with Gasteiger partial charge >= 0.3 is 0 Å². The van der Waals surface area contributed by atoms with E-state index in [2.05, 4.69) is 11.2 Å². The first-order chi connectivity index (χ1) is 11.5. The van der Waals surface area contributed by atoms with E-state index in [0.717, 1.165) is 5.56 Å². The molecule has 1 fully saturated rings. The highest BCUT2D eigenvalue weighted by Gasteiger charge is 2.53. The molecule has 5 nitrogen and oxygen atoms in total. The fraction of sp³-hybridized carbons (Fsp3) is 0.529. The third kappa shape index (κ3) is 2.99. The first-order valence-electron chi connectivity index (χ1n) is 7.80. The highest BCUT2D eigenvalue weighted by atomic mass is 19.3. The number of hydrogen-bond donors (Lipinski definition) is 0. The number of rotatable bonds is 5. The van der Waals surface area contributed by atoms with Gasteiger partial charge in [-0.1, -0.05) is 12.1 Å². The van der Waals surface area contributed by atoms with E-state index >= 15 is 0 Å². The molecule has 128 valence electrons. The van der Waals surface area contributed by atoms with Gasteiger partial charge in [0, 0.05) is 19.1 Å². The number of nitrogens with zero attached hydrogens (tertiary/aromatic N) is 3. The van der Waals surface area contributed by atoms with Crippen molar-refractivity contribution < 1.29 is 18.3 Å². The van der Waals surface area contributed by atoms with Gasteiger partial charge in [0.1, 0.15) is 18.4 Å². The quantitative estimate of drug-likeness (QED) is 0.775. The van der Waals surface area contributed by atoms with Gasteiger partial charge in [-0.3, -0.25) is 5.01 Å². The molecule has 0 radical (unpaired) electrons. The van der Waals surface area contributed by atoms with Crippen molar-refractivity contribution in [3.05, 3.63) is 34.9 Å². The molecule has 0 spiro atoms. The van der Waals surface area contributed by atoms with E-state index < -0.39 is 24.6 Å². The molecule has 7 heteroatoms. The van der Waals surface area contributed by atoms with Gasteiger partial charge in [-0.15, -0.1) is 0 Å². The predicted molar refractivity (Wildman–Crippen MR) is 84.1 cm³/mol. The van der Waals surface area contributed by atoms with Crippen LogP contribution in [0.15, 0.2) is 23.3 Å². The van der Waals surface area contributed by atoms with Crippen LogP contribution in [0.4, 0.5) is 8.78 Å². The first kappa shape index (κ1) is 16.8. The number of aryl methyl sites for hydroxylation is 1. The lowest BCUT2D eigenvalue weighted by atomic mass is 9.92. The van der Waals surface area contributed by atoms with Crippen molar-refractivity contribution in [2.45, 2.75) is 31.4 Å². The predicted octanol–water partition coefficient (Wildman–Crippen LogP) is 2.33. The molecule has 1 aromatic carbocycles. The second-order valence-corrected chi connectivity index (χ2v) is 6.10. The summed E-state index contributed by atoms with van der Waals surface area (Å²) in [6.45, 7) is 2.11. The monoisotopic (exact) mass is 335 g/mol. The zero-order chi connectivity index (χ0) is 17.3. The zero-order valence-electron chi connectivity index (χ0n) is 13.6. The van der Waals surface area contributed by atoms with E-state index in [1.165, 1.54) is 5.01 Å². The van der Waals surface area contributed by atoms with Crippen LogP contribution in [0.5, 0.6) is 0 Å². The van der Waals surface area contributed by atoms with Crippen molar-refractivity contribution in [1.82, 2.24) is 5.01 Å². The molecule has 0 aromatic heterocycles. The Morgan fingerprint density at radius 2 is 2.21 bits per heavy atom. The van der Waals surface area contributed by atoms with E-state index in [-0.39, 0.29) is 13.0 Å². The minimum absolute atomic E-state index is 0.282. The Morgan fingerprint density at radius 1 is 1.42 bits per heavy atom. The smallest absolute Gasteiger partial charge is 0.269 e. The van der Waals surface area contributed by atoms with Crippen LogP contribution in [0.25, 0.3) is 0 Å². The molecule has 2 heterocycles. The lowest BCUT2D eigenvalue weighted by molar-refractivity contribution is 0.00509. The highest BCUT2D eigenvalue weighted by Crippen LogP contribution is 2.39. The minimum atomic E-state index is -2.77. The number of ether oxygens (including phenoxy) is 2. The molecule has 0 saturated carbocycles. The van der Waals surface area contributed by atoms with Gasteiger partial charge < -0.3 is 9.47 Å². The van der Waals surface area contributed by atoms with Gasteiger partial charge in [0.05, 0.1) is 30.9 Å². The summed E-state index contributed by atoms with van der Waals surface area (Å²) < 4.78 is 38.3. The third-order valence-electron chi connectivity index (χ3n) is 4.37. The van der Waals surface area contributed by atoms with Gasteiger partial charge in [-0.05, 0) is 18.6 Å². The summed E-state index contributed by atoms with van der Waals surface area (Å²) in [6.07, 6.45) is -0.896. The van der Waals surface area contributed by atoms with Crippen LogP contribution < -0.4 is 0 Å². The molecule has 2 aliphatic rings. The van der Waals surface area contributed by atoms with Crippen molar-refractivity contribution in [2.24, 2.45) is 5.10 Å². The molecule has 3 rings (SSSR count). The lowest BCUT2D eigenvalue weighted by Crippen LogP contribution is -2.37. The molecule has 2 aliphatic heterocycles. The summed E-state index contributed by atoms with van der Waals surface area (Å²) in [6, 6.07) is 7.02. The second-order valence-electron chi connectivity index (χ2n) is 6.10. The van der Waals surface area contributed by atoms with Crippen LogP contribution >= 0.6 is 0 Å². The number of hydrazone groups is 1. The van der Waals surface area contributed by atoms with Crippen LogP contribution in [0.1, 0.15) is 23.1 Å². The number of halogens is 2. The molecule has 2 unspecified atom stereocenters. The number of benzene rings is 1. The number of alkyl halides is 2. The summed E-state index contributed by atoms with van der Waals surface area (Å²) in [5.74, 6) is -2.77. The Kier molecular flexibility index (Phi) is 4.52. The van der Waals surface area contributed by atoms with Crippen LogP contribution in [0.2, 0.25) is 0 Å². The van der Waals surface area contributed by atoms with Crippen LogP contribution in [0.3, 0.4) is 0 Å². The lowest BCUT2D eigenvalue weighted by Gasteiger charge is -2.22. The van der Waals surface area contributed by atoms with Gasteiger partial charge in [-0.2, -0.15) is 10.4 Å².